The minimum absolute atomic E-state index is 0.129. The van der Waals surface area contributed by atoms with Crippen LogP contribution >= 0.6 is 0 Å². The Balaban J connectivity index is 1.56. The maximum Gasteiger partial charge on any atom is 0.259 e. The molecule has 1 aromatic carbocycles. The van der Waals surface area contributed by atoms with Crippen LogP contribution in [0, 0.1) is 13.8 Å². The van der Waals surface area contributed by atoms with E-state index in [0.29, 0.717) is 28.9 Å². The monoisotopic (exact) mass is 432 g/mol. The standard InChI is InChI=1S/C23H24N6O3/c1-13-4-5-15(21-28-27-14(2)32-21)10-18(13)19-11-16-12-24-23(25-17-6-8-31-9-7-17)26-20(16)29(3)22(19)30/h4-5,10-12,17H,6-9H2,1-3H3,(H,24,25,26). The maximum absolute atomic E-state index is 13.3. The van der Waals surface area contributed by atoms with Gasteiger partial charge in [0.2, 0.25) is 17.7 Å². The summed E-state index contributed by atoms with van der Waals surface area (Å²) < 4.78 is 12.5. The third-order valence-corrected chi connectivity index (χ3v) is 5.80. The Morgan fingerprint density at radius 3 is 2.66 bits per heavy atom. The molecule has 1 aliphatic heterocycles. The summed E-state index contributed by atoms with van der Waals surface area (Å²) in [4.78, 5) is 22.4. The topological polar surface area (TPSA) is 108 Å². The van der Waals surface area contributed by atoms with Crippen LogP contribution in [-0.2, 0) is 11.8 Å². The predicted molar refractivity (Wildman–Crippen MR) is 120 cm³/mol. The number of anilines is 1. The van der Waals surface area contributed by atoms with E-state index in [1.807, 2.05) is 31.2 Å². The third kappa shape index (κ3) is 3.75. The van der Waals surface area contributed by atoms with Crippen molar-refractivity contribution in [2.75, 3.05) is 18.5 Å². The molecule has 0 unspecified atom stereocenters. The summed E-state index contributed by atoms with van der Waals surface area (Å²) in [6.07, 6.45) is 3.58. The van der Waals surface area contributed by atoms with E-state index in [1.54, 1.807) is 24.7 Å². The summed E-state index contributed by atoms with van der Waals surface area (Å²) in [5.41, 5.74) is 3.58. The Morgan fingerprint density at radius 1 is 1.09 bits per heavy atom. The van der Waals surface area contributed by atoms with Gasteiger partial charge in [-0.15, -0.1) is 10.2 Å². The SMILES string of the molecule is Cc1nnc(-c2ccc(C)c(-c3cc4cnc(NC5CCOCC5)nc4n(C)c3=O)c2)o1. The lowest BCUT2D eigenvalue weighted by molar-refractivity contribution is 0.0903. The molecule has 9 nitrogen and oxygen atoms in total. The number of ether oxygens (including phenoxy) is 1. The molecule has 0 aliphatic carbocycles. The molecule has 32 heavy (non-hydrogen) atoms. The quantitative estimate of drug-likeness (QED) is 0.524. The number of nitrogens with zero attached hydrogens (tertiary/aromatic N) is 5. The lowest BCUT2D eigenvalue weighted by atomic mass is 9.98. The number of pyridine rings is 1. The summed E-state index contributed by atoms with van der Waals surface area (Å²) in [5, 5.41) is 12.1. The van der Waals surface area contributed by atoms with Crippen LogP contribution in [0.25, 0.3) is 33.6 Å². The van der Waals surface area contributed by atoms with Crippen LogP contribution in [0.4, 0.5) is 5.95 Å². The van der Waals surface area contributed by atoms with E-state index in [4.69, 9.17) is 9.15 Å². The highest BCUT2D eigenvalue weighted by atomic mass is 16.5. The van der Waals surface area contributed by atoms with Crippen LogP contribution in [-0.4, -0.2) is 44.0 Å². The lowest BCUT2D eigenvalue weighted by Gasteiger charge is -2.23. The van der Waals surface area contributed by atoms with Gasteiger partial charge in [-0.2, -0.15) is 4.98 Å². The second-order valence-electron chi connectivity index (χ2n) is 8.08. The van der Waals surface area contributed by atoms with Crippen molar-refractivity contribution in [3.63, 3.8) is 0 Å². The number of benzene rings is 1. The van der Waals surface area contributed by atoms with E-state index in [9.17, 15) is 4.79 Å². The van der Waals surface area contributed by atoms with Gasteiger partial charge in [-0.1, -0.05) is 6.07 Å². The fourth-order valence-corrected chi connectivity index (χ4v) is 3.99. The summed E-state index contributed by atoms with van der Waals surface area (Å²) >= 11 is 0. The van der Waals surface area contributed by atoms with Crippen molar-refractivity contribution in [2.45, 2.75) is 32.7 Å². The minimum Gasteiger partial charge on any atom is -0.421 e. The molecule has 5 rings (SSSR count). The molecule has 4 aromatic rings. The zero-order valence-electron chi connectivity index (χ0n) is 18.3. The van der Waals surface area contributed by atoms with E-state index in [0.717, 1.165) is 48.1 Å². The van der Waals surface area contributed by atoms with Crippen LogP contribution in [0.15, 0.2) is 39.7 Å². The van der Waals surface area contributed by atoms with Crippen molar-refractivity contribution in [1.29, 1.82) is 0 Å². The van der Waals surface area contributed by atoms with E-state index < -0.39 is 0 Å². The molecule has 0 atom stereocenters. The lowest BCUT2D eigenvalue weighted by Crippen LogP contribution is -2.29. The van der Waals surface area contributed by atoms with Gasteiger partial charge < -0.3 is 14.5 Å². The van der Waals surface area contributed by atoms with Gasteiger partial charge in [-0.25, -0.2) is 4.98 Å². The predicted octanol–water partition coefficient (Wildman–Crippen LogP) is 3.25. The molecule has 0 amide bonds. The molecule has 0 saturated carbocycles. The minimum atomic E-state index is -0.129. The Kier molecular flexibility index (Phi) is 5.18. The second kappa shape index (κ2) is 8.16. The average Bonchev–Trinajstić information content (AvgIpc) is 3.24. The van der Waals surface area contributed by atoms with Crippen molar-refractivity contribution in [1.82, 2.24) is 24.7 Å². The highest BCUT2D eigenvalue weighted by Crippen LogP contribution is 2.28. The van der Waals surface area contributed by atoms with E-state index >= 15 is 0 Å². The highest BCUT2D eigenvalue weighted by molar-refractivity contribution is 5.83. The molecule has 0 spiro atoms. The third-order valence-electron chi connectivity index (χ3n) is 5.80. The van der Waals surface area contributed by atoms with Gasteiger partial charge in [-0.05, 0) is 49.1 Å². The molecular formula is C23H24N6O3. The zero-order chi connectivity index (χ0) is 22.2. The molecule has 3 aromatic heterocycles. The largest absolute Gasteiger partial charge is 0.421 e. The first-order chi connectivity index (χ1) is 15.5. The summed E-state index contributed by atoms with van der Waals surface area (Å²) in [6.45, 7) is 5.18. The molecule has 4 heterocycles. The Hall–Kier alpha value is -3.59. The van der Waals surface area contributed by atoms with Gasteiger partial charge in [0.05, 0.1) is 0 Å². The van der Waals surface area contributed by atoms with Crippen molar-refractivity contribution in [3.8, 4) is 22.6 Å². The number of aryl methyl sites for hydroxylation is 3. The van der Waals surface area contributed by atoms with Gasteiger partial charge in [0.25, 0.3) is 5.56 Å². The van der Waals surface area contributed by atoms with Crippen molar-refractivity contribution in [2.24, 2.45) is 7.05 Å². The van der Waals surface area contributed by atoms with Crippen LogP contribution < -0.4 is 10.9 Å². The zero-order valence-corrected chi connectivity index (χ0v) is 18.3. The normalized spacial score (nSPS) is 14.7. The second-order valence-corrected chi connectivity index (χ2v) is 8.08. The number of hydrogen-bond donors (Lipinski definition) is 1. The first kappa shape index (κ1) is 20.3. The Bertz CT molecular complexity index is 1350. The van der Waals surface area contributed by atoms with Gasteiger partial charge in [0.1, 0.15) is 5.65 Å². The molecule has 1 aliphatic rings. The number of aromatic nitrogens is 5. The number of rotatable bonds is 4. The van der Waals surface area contributed by atoms with Crippen molar-refractivity contribution < 1.29 is 9.15 Å². The van der Waals surface area contributed by atoms with Gasteiger partial charge in [0, 0.05) is 55.9 Å². The smallest absolute Gasteiger partial charge is 0.259 e. The van der Waals surface area contributed by atoms with Gasteiger partial charge in [0.15, 0.2) is 0 Å². The average molecular weight is 432 g/mol. The molecule has 0 radical (unpaired) electrons. The highest BCUT2D eigenvalue weighted by Gasteiger charge is 2.17. The van der Waals surface area contributed by atoms with Crippen LogP contribution in [0.5, 0.6) is 0 Å². The number of hydrogen-bond acceptors (Lipinski definition) is 8. The summed E-state index contributed by atoms with van der Waals surface area (Å²) in [5.74, 6) is 1.44. The molecule has 164 valence electrons. The fraction of sp³-hybridized carbons (Fsp3) is 0.348. The first-order valence-corrected chi connectivity index (χ1v) is 10.6. The Morgan fingerprint density at radius 2 is 1.91 bits per heavy atom. The molecule has 0 bridgehead atoms. The van der Waals surface area contributed by atoms with Gasteiger partial charge in [-0.3, -0.25) is 9.36 Å². The van der Waals surface area contributed by atoms with Crippen molar-refractivity contribution >= 4 is 17.0 Å². The molecular weight excluding hydrogens is 408 g/mol. The van der Waals surface area contributed by atoms with E-state index in [2.05, 4.69) is 25.5 Å². The Labute approximate surface area is 184 Å². The molecule has 9 heteroatoms. The molecule has 1 saturated heterocycles. The summed E-state index contributed by atoms with van der Waals surface area (Å²) in [7, 11) is 1.74. The van der Waals surface area contributed by atoms with Crippen LogP contribution in [0.2, 0.25) is 0 Å². The van der Waals surface area contributed by atoms with Crippen molar-refractivity contribution in [3.05, 3.63) is 52.3 Å². The number of nitrogens with one attached hydrogen (secondary N) is 1. The van der Waals surface area contributed by atoms with Gasteiger partial charge >= 0.3 is 0 Å². The molecule has 1 N–H and O–H groups in total. The van der Waals surface area contributed by atoms with Crippen LogP contribution in [0.3, 0.4) is 0 Å². The fourth-order valence-electron chi connectivity index (χ4n) is 3.99. The maximum atomic E-state index is 13.3. The number of fused-ring (bicyclic) bond motifs is 1. The summed E-state index contributed by atoms with van der Waals surface area (Å²) in [6, 6.07) is 7.89. The van der Waals surface area contributed by atoms with E-state index in [1.165, 1.54) is 0 Å². The van der Waals surface area contributed by atoms with E-state index in [-0.39, 0.29) is 11.6 Å². The molecule has 1 fully saturated rings. The first-order valence-electron chi connectivity index (χ1n) is 10.6. The van der Waals surface area contributed by atoms with Crippen LogP contribution in [0.1, 0.15) is 24.3 Å².